The second-order valence-corrected chi connectivity index (χ2v) is 9.79. The first-order chi connectivity index (χ1) is 11.6. The van der Waals surface area contributed by atoms with Crippen molar-refractivity contribution in [1.29, 1.82) is 5.26 Å². The zero-order chi connectivity index (χ0) is 18.5. The monoisotopic (exact) mass is 366 g/mol. The van der Waals surface area contributed by atoms with Gasteiger partial charge in [0.15, 0.2) is 6.61 Å². The van der Waals surface area contributed by atoms with Crippen molar-refractivity contribution >= 4 is 23.5 Å². The van der Waals surface area contributed by atoms with Crippen molar-refractivity contribution in [1.82, 2.24) is 5.32 Å². The van der Waals surface area contributed by atoms with Crippen LogP contribution in [-0.2, 0) is 14.3 Å². The number of carbonyl (C=O) groups is 2. The third-order valence-electron chi connectivity index (χ3n) is 6.54. The van der Waals surface area contributed by atoms with E-state index in [-0.39, 0.29) is 23.4 Å². The number of nitriles is 1. The van der Waals surface area contributed by atoms with E-state index in [1.54, 1.807) is 6.92 Å². The van der Waals surface area contributed by atoms with Gasteiger partial charge in [-0.25, -0.2) is 0 Å². The van der Waals surface area contributed by atoms with Crippen LogP contribution in [-0.4, -0.2) is 28.9 Å². The summed E-state index contributed by atoms with van der Waals surface area (Å²) in [5.41, 5.74) is -1.48. The first-order valence-electron chi connectivity index (χ1n) is 9.18. The van der Waals surface area contributed by atoms with Gasteiger partial charge in [-0.2, -0.15) is 5.26 Å². The van der Waals surface area contributed by atoms with Crippen LogP contribution in [0.5, 0.6) is 0 Å². The average molecular weight is 367 g/mol. The van der Waals surface area contributed by atoms with E-state index in [0.29, 0.717) is 18.3 Å². The average Bonchev–Trinajstić information content (AvgIpc) is 2.49. The van der Waals surface area contributed by atoms with Crippen molar-refractivity contribution < 1.29 is 14.3 Å². The number of amides is 1. The third-order valence-corrected chi connectivity index (χ3v) is 6.99. The van der Waals surface area contributed by atoms with Crippen LogP contribution in [0.3, 0.4) is 0 Å². The van der Waals surface area contributed by atoms with Gasteiger partial charge in [0.05, 0.1) is 11.5 Å². The Morgan fingerprint density at radius 2 is 1.92 bits per heavy atom. The molecule has 138 valence electrons. The summed E-state index contributed by atoms with van der Waals surface area (Å²) >= 11 is 6.74. The minimum Gasteiger partial charge on any atom is -0.455 e. The molecular formula is C19H27ClN2O3. The molecular weight excluding hydrogens is 340 g/mol. The molecule has 0 aromatic carbocycles. The highest BCUT2D eigenvalue weighted by Crippen LogP contribution is 2.64. The van der Waals surface area contributed by atoms with Gasteiger partial charge in [0.25, 0.3) is 5.91 Å². The topological polar surface area (TPSA) is 79.2 Å². The highest BCUT2D eigenvalue weighted by atomic mass is 35.5. The van der Waals surface area contributed by atoms with Crippen molar-refractivity contribution in [2.24, 2.45) is 23.2 Å². The van der Waals surface area contributed by atoms with Crippen LogP contribution in [0, 0.1) is 34.5 Å². The van der Waals surface area contributed by atoms with E-state index in [0.717, 1.165) is 25.7 Å². The molecule has 5 nitrogen and oxygen atoms in total. The van der Waals surface area contributed by atoms with E-state index in [4.69, 9.17) is 16.3 Å². The fourth-order valence-electron chi connectivity index (χ4n) is 5.30. The Morgan fingerprint density at radius 3 is 2.40 bits per heavy atom. The summed E-state index contributed by atoms with van der Waals surface area (Å²) in [7, 11) is 0. The lowest BCUT2D eigenvalue weighted by Crippen LogP contribution is -2.57. The summed E-state index contributed by atoms with van der Waals surface area (Å²) in [6.45, 7) is 5.07. The van der Waals surface area contributed by atoms with Gasteiger partial charge >= 0.3 is 5.97 Å². The van der Waals surface area contributed by atoms with E-state index in [9.17, 15) is 14.9 Å². The Morgan fingerprint density at radius 1 is 1.32 bits per heavy atom. The van der Waals surface area contributed by atoms with Crippen LogP contribution < -0.4 is 5.32 Å². The van der Waals surface area contributed by atoms with Gasteiger partial charge in [-0.05, 0) is 63.2 Å². The van der Waals surface area contributed by atoms with E-state index in [2.05, 4.69) is 11.4 Å². The van der Waals surface area contributed by atoms with E-state index in [1.807, 2.05) is 13.8 Å². The highest BCUT2D eigenvalue weighted by molar-refractivity contribution is 6.24. The number of alkyl halides is 1. The Labute approximate surface area is 154 Å². The lowest BCUT2D eigenvalue weighted by atomic mass is 9.49. The Balaban J connectivity index is 1.60. The number of hydrogen-bond donors (Lipinski definition) is 1. The molecule has 0 aliphatic heterocycles. The molecule has 4 bridgehead atoms. The van der Waals surface area contributed by atoms with Crippen LogP contribution >= 0.6 is 11.6 Å². The molecule has 4 rings (SSSR count). The number of carbonyl (C=O) groups excluding carboxylic acids is 2. The summed E-state index contributed by atoms with van der Waals surface area (Å²) in [6, 6.07) is 2.12. The van der Waals surface area contributed by atoms with Gasteiger partial charge in [-0.15, -0.1) is 11.6 Å². The Hall–Kier alpha value is -1.28. The van der Waals surface area contributed by atoms with Crippen LogP contribution in [0.2, 0.25) is 0 Å². The van der Waals surface area contributed by atoms with Crippen molar-refractivity contribution in [3.63, 3.8) is 0 Å². The molecule has 3 atom stereocenters. The van der Waals surface area contributed by atoms with E-state index in [1.165, 1.54) is 6.42 Å². The van der Waals surface area contributed by atoms with Crippen molar-refractivity contribution in [2.45, 2.75) is 69.7 Å². The second kappa shape index (κ2) is 6.16. The lowest BCUT2D eigenvalue weighted by Gasteiger charge is -2.58. The number of rotatable bonds is 5. The van der Waals surface area contributed by atoms with Crippen LogP contribution in [0.1, 0.15) is 59.3 Å². The van der Waals surface area contributed by atoms with Crippen LogP contribution in [0.15, 0.2) is 0 Å². The molecule has 4 saturated carbocycles. The third kappa shape index (κ3) is 3.38. The molecule has 0 radical (unpaired) electrons. The first-order valence-corrected chi connectivity index (χ1v) is 9.56. The van der Waals surface area contributed by atoms with Crippen LogP contribution in [0.4, 0.5) is 0 Å². The normalized spacial score (nSPS) is 38.1. The summed E-state index contributed by atoms with van der Waals surface area (Å²) in [5.74, 6) is 0.240. The van der Waals surface area contributed by atoms with Crippen molar-refractivity contribution in [3.05, 3.63) is 0 Å². The molecule has 4 aliphatic rings. The maximum Gasteiger partial charge on any atom is 0.312 e. The fraction of sp³-hybridized carbons (Fsp3) is 0.842. The summed E-state index contributed by atoms with van der Waals surface area (Å²) < 4.78 is 5.38. The molecule has 0 saturated heterocycles. The summed E-state index contributed by atoms with van der Waals surface area (Å²) in [6.07, 6.45) is 5.49. The smallest absolute Gasteiger partial charge is 0.312 e. The minimum atomic E-state index is -0.968. The molecule has 4 fully saturated rings. The SMILES string of the molecule is CC(C)[C@](C)(C#N)NC(=O)COC(=O)C12C[C@@H]3C[C@H](CC(Cl)(C3)C1)C2. The Kier molecular flexibility index (Phi) is 4.56. The molecule has 0 spiro atoms. The fourth-order valence-corrected chi connectivity index (χ4v) is 5.99. The van der Waals surface area contributed by atoms with E-state index >= 15 is 0 Å². The standard InChI is InChI=1S/C19H27ClN2O3/c1-12(2)17(3,11-21)22-15(23)9-25-16(24)18-5-13-4-14(6-18)8-19(20,7-13)10-18/h12-14H,4-10H2,1-3H3,(H,22,23)/t13-,14-,17-,18?,19?/m0/s1. The number of nitrogens with one attached hydrogen (secondary N) is 1. The van der Waals surface area contributed by atoms with Gasteiger partial charge in [0.2, 0.25) is 0 Å². The second-order valence-electron chi connectivity index (χ2n) is 8.99. The summed E-state index contributed by atoms with van der Waals surface area (Å²) in [5, 5.41) is 12.0. The van der Waals surface area contributed by atoms with Crippen molar-refractivity contribution in [2.75, 3.05) is 6.61 Å². The van der Waals surface area contributed by atoms with Crippen molar-refractivity contribution in [3.8, 4) is 6.07 Å². The van der Waals surface area contributed by atoms with Gasteiger partial charge < -0.3 is 10.1 Å². The molecule has 25 heavy (non-hydrogen) atoms. The molecule has 4 aliphatic carbocycles. The molecule has 0 unspecified atom stereocenters. The van der Waals surface area contributed by atoms with E-state index < -0.39 is 16.9 Å². The van der Waals surface area contributed by atoms with Gasteiger partial charge in [-0.1, -0.05) is 13.8 Å². The molecule has 0 aromatic heterocycles. The molecule has 1 N–H and O–H groups in total. The zero-order valence-electron chi connectivity index (χ0n) is 15.2. The maximum atomic E-state index is 12.8. The maximum absolute atomic E-state index is 12.8. The largest absolute Gasteiger partial charge is 0.455 e. The van der Waals surface area contributed by atoms with Gasteiger partial charge in [0, 0.05) is 4.87 Å². The first kappa shape index (κ1) is 18.5. The predicted molar refractivity (Wildman–Crippen MR) is 93.7 cm³/mol. The minimum absolute atomic E-state index is 0.0450. The van der Waals surface area contributed by atoms with Crippen LogP contribution in [0.25, 0.3) is 0 Å². The molecule has 0 aromatic rings. The zero-order valence-corrected chi connectivity index (χ0v) is 16.0. The quantitative estimate of drug-likeness (QED) is 0.598. The molecule has 6 heteroatoms. The number of esters is 1. The lowest BCUT2D eigenvalue weighted by molar-refractivity contribution is -0.172. The highest BCUT2D eigenvalue weighted by Gasteiger charge is 2.60. The number of ether oxygens (including phenoxy) is 1. The van der Waals surface area contributed by atoms with Gasteiger partial charge in [0.1, 0.15) is 5.54 Å². The Bertz CT molecular complexity index is 613. The summed E-state index contributed by atoms with van der Waals surface area (Å²) in [4.78, 5) is 24.7. The molecule has 1 amide bonds. The molecule has 0 heterocycles. The number of halogens is 1. The predicted octanol–water partition coefficient (Wildman–Crippen LogP) is 3.16. The number of nitrogens with zero attached hydrogens (tertiary/aromatic N) is 1. The number of hydrogen-bond acceptors (Lipinski definition) is 4. The van der Waals surface area contributed by atoms with Gasteiger partial charge in [-0.3, -0.25) is 9.59 Å².